The van der Waals surface area contributed by atoms with E-state index in [4.69, 9.17) is 0 Å². The number of para-hydroxylation sites is 3. The number of anilines is 3. The van der Waals surface area contributed by atoms with Gasteiger partial charge in [0.05, 0.1) is 11.0 Å². The molecule has 0 aliphatic carbocycles. The molecule has 4 heteroatoms. The van der Waals surface area contributed by atoms with Crippen LogP contribution in [0.3, 0.4) is 0 Å². The molecule has 0 fully saturated rings. The number of nitrogens with zero attached hydrogens (tertiary/aromatic N) is 3. The predicted octanol–water partition coefficient (Wildman–Crippen LogP) is 13.9. The number of thiophene rings is 1. The Morgan fingerprint density at radius 1 is 0.377 bits per heavy atom. The minimum absolute atomic E-state index is 1.13. The Bertz CT molecular complexity index is 3150. The van der Waals surface area contributed by atoms with Crippen LogP contribution in [0.15, 0.2) is 182 Å². The fraction of sp³-hybridized carbons (Fsp3) is 0.0204. The molecule has 0 radical (unpaired) electrons. The Morgan fingerprint density at radius 2 is 0.943 bits per heavy atom. The van der Waals surface area contributed by atoms with Gasteiger partial charge in [-0.2, -0.15) is 0 Å². The molecule has 0 N–H and O–H groups in total. The van der Waals surface area contributed by atoms with Crippen LogP contribution in [0.25, 0.3) is 80.6 Å². The number of rotatable bonds is 5. The Balaban J connectivity index is 1.08. The average molecular weight is 696 g/mol. The molecule has 0 spiro atoms. The van der Waals surface area contributed by atoms with Crippen LogP contribution in [0.4, 0.5) is 17.1 Å². The second-order valence-electron chi connectivity index (χ2n) is 13.9. The van der Waals surface area contributed by atoms with E-state index in [0.29, 0.717) is 0 Å². The Kier molecular flexibility index (Phi) is 6.64. The molecule has 0 aliphatic heterocycles. The summed E-state index contributed by atoms with van der Waals surface area (Å²) in [5.41, 5.74) is 11.9. The highest BCUT2D eigenvalue weighted by Gasteiger charge is 2.18. The highest BCUT2D eigenvalue weighted by Crippen LogP contribution is 2.41. The first-order chi connectivity index (χ1) is 26.2. The van der Waals surface area contributed by atoms with Gasteiger partial charge in [-0.05, 0) is 102 Å². The monoisotopic (exact) mass is 695 g/mol. The van der Waals surface area contributed by atoms with E-state index in [-0.39, 0.29) is 0 Å². The zero-order valence-electron chi connectivity index (χ0n) is 29.1. The summed E-state index contributed by atoms with van der Waals surface area (Å²) in [6.45, 7) is 0. The van der Waals surface area contributed by atoms with Crippen molar-refractivity contribution in [2.75, 3.05) is 4.90 Å². The van der Waals surface area contributed by atoms with E-state index < -0.39 is 0 Å². The van der Waals surface area contributed by atoms with Gasteiger partial charge in [-0.15, -0.1) is 11.3 Å². The summed E-state index contributed by atoms with van der Waals surface area (Å²) in [5, 5.41) is 7.66. The van der Waals surface area contributed by atoms with Gasteiger partial charge in [-0.25, -0.2) is 0 Å². The maximum absolute atomic E-state index is 2.44. The molecular formula is C49H33N3S. The topological polar surface area (TPSA) is 13.1 Å². The Labute approximate surface area is 310 Å². The third-order valence-electron chi connectivity index (χ3n) is 10.9. The highest BCUT2D eigenvalue weighted by atomic mass is 32.1. The van der Waals surface area contributed by atoms with Crippen LogP contribution >= 0.6 is 11.3 Å². The van der Waals surface area contributed by atoms with E-state index in [1.165, 1.54) is 74.9 Å². The number of aromatic nitrogens is 2. The van der Waals surface area contributed by atoms with Crippen molar-refractivity contribution in [3.63, 3.8) is 0 Å². The minimum Gasteiger partial charge on any atom is -0.344 e. The SMILES string of the molecule is Cn1c2ccc(N(c3ccccc3)c3ccccc3)cc2c2cc(-n3c4ccccc4c4cc(-c5ccc6c(c5)sc5ccccc56)ccc43)ccc21. The maximum Gasteiger partial charge on any atom is 0.0541 e. The maximum atomic E-state index is 2.44. The molecule has 8 aromatic carbocycles. The second-order valence-corrected chi connectivity index (χ2v) is 14.9. The molecule has 0 saturated carbocycles. The highest BCUT2D eigenvalue weighted by molar-refractivity contribution is 7.25. The van der Waals surface area contributed by atoms with E-state index >= 15 is 0 Å². The van der Waals surface area contributed by atoms with Crippen molar-refractivity contribution in [3.05, 3.63) is 182 Å². The molecule has 3 heterocycles. The summed E-state index contributed by atoms with van der Waals surface area (Å²) >= 11 is 1.87. The van der Waals surface area contributed by atoms with Crippen molar-refractivity contribution >= 4 is 92.2 Å². The molecule has 11 aromatic rings. The third-order valence-corrected chi connectivity index (χ3v) is 12.0. The Morgan fingerprint density at radius 3 is 1.74 bits per heavy atom. The van der Waals surface area contributed by atoms with Gasteiger partial charge in [0.2, 0.25) is 0 Å². The number of fused-ring (bicyclic) bond motifs is 9. The molecule has 250 valence electrons. The van der Waals surface area contributed by atoms with Gasteiger partial charge in [0, 0.05) is 82.5 Å². The van der Waals surface area contributed by atoms with Crippen LogP contribution < -0.4 is 4.90 Å². The molecule has 0 bridgehead atoms. The molecule has 0 atom stereocenters. The molecule has 3 aromatic heterocycles. The van der Waals surface area contributed by atoms with E-state index in [1.807, 2.05) is 11.3 Å². The smallest absolute Gasteiger partial charge is 0.0541 e. The van der Waals surface area contributed by atoms with Gasteiger partial charge < -0.3 is 14.0 Å². The lowest BCUT2D eigenvalue weighted by Crippen LogP contribution is -2.09. The summed E-state index contributed by atoms with van der Waals surface area (Å²) in [7, 11) is 2.17. The first kappa shape index (κ1) is 30.0. The quantitative estimate of drug-likeness (QED) is 0.175. The summed E-state index contributed by atoms with van der Waals surface area (Å²) in [5.74, 6) is 0. The average Bonchev–Trinajstić information content (AvgIpc) is 3.85. The lowest BCUT2D eigenvalue weighted by molar-refractivity contribution is 1.01. The van der Waals surface area contributed by atoms with Crippen LogP contribution in [0, 0.1) is 0 Å². The fourth-order valence-corrected chi connectivity index (χ4v) is 9.56. The number of hydrogen-bond donors (Lipinski definition) is 0. The molecule has 0 aliphatic rings. The van der Waals surface area contributed by atoms with E-state index in [2.05, 4.69) is 203 Å². The van der Waals surface area contributed by atoms with E-state index in [0.717, 1.165) is 22.7 Å². The van der Waals surface area contributed by atoms with Crippen molar-refractivity contribution in [2.24, 2.45) is 7.05 Å². The van der Waals surface area contributed by atoms with Crippen molar-refractivity contribution in [1.82, 2.24) is 9.13 Å². The molecule has 11 rings (SSSR count). The van der Waals surface area contributed by atoms with Gasteiger partial charge in [0.15, 0.2) is 0 Å². The normalized spacial score (nSPS) is 11.9. The van der Waals surface area contributed by atoms with Crippen molar-refractivity contribution in [3.8, 4) is 16.8 Å². The number of benzene rings is 8. The predicted molar refractivity (Wildman–Crippen MR) is 228 cm³/mol. The summed E-state index contributed by atoms with van der Waals surface area (Å²) < 4.78 is 7.42. The molecule has 0 saturated heterocycles. The molecule has 0 unspecified atom stereocenters. The van der Waals surface area contributed by atoms with Gasteiger partial charge >= 0.3 is 0 Å². The lowest BCUT2D eigenvalue weighted by atomic mass is 10.0. The fourth-order valence-electron chi connectivity index (χ4n) is 8.41. The molecule has 3 nitrogen and oxygen atoms in total. The van der Waals surface area contributed by atoms with Crippen molar-refractivity contribution in [1.29, 1.82) is 0 Å². The van der Waals surface area contributed by atoms with Crippen LogP contribution in [0.5, 0.6) is 0 Å². The number of aryl methyl sites for hydroxylation is 1. The van der Waals surface area contributed by atoms with Crippen LogP contribution in [-0.2, 0) is 7.05 Å². The largest absolute Gasteiger partial charge is 0.344 e. The zero-order valence-corrected chi connectivity index (χ0v) is 29.9. The molecule has 53 heavy (non-hydrogen) atoms. The van der Waals surface area contributed by atoms with E-state index in [1.54, 1.807) is 0 Å². The summed E-state index contributed by atoms with van der Waals surface area (Å²) in [6.07, 6.45) is 0. The third kappa shape index (κ3) is 4.66. The van der Waals surface area contributed by atoms with Gasteiger partial charge in [0.25, 0.3) is 0 Å². The minimum atomic E-state index is 1.13. The van der Waals surface area contributed by atoms with E-state index in [9.17, 15) is 0 Å². The lowest BCUT2D eigenvalue weighted by Gasteiger charge is -2.25. The number of hydrogen-bond acceptors (Lipinski definition) is 2. The van der Waals surface area contributed by atoms with Gasteiger partial charge in [-0.1, -0.05) is 91.0 Å². The first-order valence-electron chi connectivity index (χ1n) is 18.1. The van der Waals surface area contributed by atoms with Gasteiger partial charge in [0.1, 0.15) is 0 Å². The Hall–Kier alpha value is -6.62. The van der Waals surface area contributed by atoms with Crippen LogP contribution in [0.1, 0.15) is 0 Å². The molecular weight excluding hydrogens is 663 g/mol. The van der Waals surface area contributed by atoms with Gasteiger partial charge in [-0.3, -0.25) is 0 Å². The summed E-state index contributed by atoms with van der Waals surface area (Å²) in [4.78, 5) is 2.34. The van der Waals surface area contributed by atoms with Crippen LogP contribution in [0.2, 0.25) is 0 Å². The zero-order chi connectivity index (χ0) is 35.0. The van der Waals surface area contributed by atoms with Crippen molar-refractivity contribution < 1.29 is 0 Å². The first-order valence-corrected chi connectivity index (χ1v) is 18.9. The standard InChI is InChI=1S/C49H33N3S/c1-50-44-26-22-36(51(34-12-4-2-5-13-34)35-14-6-3-7-15-35)30-42(44)43-31-37(23-27-45(43)50)52-46-18-10-8-16-38(46)41-28-32(21-25-47(41)52)33-20-24-40-39-17-9-11-19-48(39)53-49(40)29-33/h2-31H,1H3. The molecule has 0 amide bonds. The second kappa shape index (κ2) is 11.7. The van der Waals surface area contributed by atoms with Crippen LogP contribution in [-0.4, -0.2) is 9.13 Å². The van der Waals surface area contributed by atoms with Crippen molar-refractivity contribution in [2.45, 2.75) is 0 Å². The summed E-state index contributed by atoms with van der Waals surface area (Å²) in [6, 6.07) is 66.5.